The second kappa shape index (κ2) is 7.02. The van der Waals surface area contributed by atoms with Crippen molar-refractivity contribution in [2.45, 2.75) is 13.8 Å². The van der Waals surface area contributed by atoms with E-state index in [0.29, 0.717) is 22.1 Å². The number of methoxy groups -OCH3 is 1. The fraction of sp³-hybridized carbons (Fsp3) is 0.158. The Morgan fingerprint density at radius 1 is 1.00 bits per heavy atom. The first-order chi connectivity index (χ1) is 12.3. The van der Waals surface area contributed by atoms with Gasteiger partial charge in [-0.25, -0.2) is 4.90 Å². The average molecular weight is 391 g/mol. The van der Waals surface area contributed by atoms with Crippen LogP contribution in [0.1, 0.15) is 11.1 Å². The maximum Gasteiger partial charge on any atom is 0.283 e. The number of benzene rings is 2. The quantitative estimate of drug-likeness (QED) is 0.785. The lowest BCUT2D eigenvalue weighted by Gasteiger charge is -2.18. The van der Waals surface area contributed by atoms with Crippen molar-refractivity contribution in [3.05, 3.63) is 63.3 Å². The van der Waals surface area contributed by atoms with Crippen LogP contribution in [0.2, 0.25) is 5.02 Å². The van der Waals surface area contributed by atoms with Gasteiger partial charge in [0.2, 0.25) is 0 Å². The highest BCUT2D eigenvalue weighted by Crippen LogP contribution is 2.35. The maximum atomic E-state index is 12.9. The molecule has 1 heterocycles. The van der Waals surface area contributed by atoms with Crippen LogP contribution in [0.15, 0.2) is 47.1 Å². The van der Waals surface area contributed by atoms with Gasteiger partial charge in [0.1, 0.15) is 16.5 Å². The van der Waals surface area contributed by atoms with Gasteiger partial charge in [0, 0.05) is 5.02 Å². The normalized spacial score (nSPS) is 14.3. The molecular weight excluding hydrogens is 375 g/mol. The second-order valence-electron chi connectivity index (χ2n) is 5.89. The fourth-order valence-corrected chi connectivity index (χ4v) is 3.09. The topological polar surface area (TPSA) is 58.6 Å². The number of hydrogen-bond acceptors (Lipinski definition) is 4. The van der Waals surface area contributed by atoms with E-state index in [9.17, 15) is 9.59 Å². The van der Waals surface area contributed by atoms with Gasteiger partial charge in [-0.05, 0) is 49.2 Å². The molecule has 0 bridgehead atoms. The number of imide groups is 1. The molecule has 2 aromatic carbocycles. The van der Waals surface area contributed by atoms with Gasteiger partial charge in [-0.1, -0.05) is 35.3 Å². The molecule has 0 aromatic heterocycles. The SMILES string of the molecule is COc1ccc(Cl)cc1NC1=C(Cl)C(=O)N(c2cc(C)ccc2C)C1=O. The molecule has 3 rings (SSSR count). The average Bonchev–Trinajstić information content (AvgIpc) is 2.81. The number of nitrogens with one attached hydrogen (secondary N) is 1. The molecule has 134 valence electrons. The van der Waals surface area contributed by atoms with Crippen LogP contribution in [0, 0.1) is 13.8 Å². The van der Waals surface area contributed by atoms with Crippen molar-refractivity contribution in [3.8, 4) is 5.75 Å². The summed E-state index contributed by atoms with van der Waals surface area (Å²) in [5, 5.41) is 3.16. The summed E-state index contributed by atoms with van der Waals surface area (Å²) < 4.78 is 5.26. The number of anilines is 2. The first kappa shape index (κ1) is 18.3. The molecule has 2 aromatic rings. The lowest BCUT2D eigenvalue weighted by molar-refractivity contribution is -0.120. The molecule has 0 saturated carbocycles. The minimum Gasteiger partial charge on any atom is -0.495 e. The number of amides is 2. The first-order valence-electron chi connectivity index (χ1n) is 7.80. The Bertz CT molecular complexity index is 954. The molecule has 0 saturated heterocycles. The zero-order valence-corrected chi connectivity index (χ0v) is 15.9. The number of rotatable bonds is 4. The van der Waals surface area contributed by atoms with Crippen molar-refractivity contribution in [2.24, 2.45) is 0 Å². The third-order valence-electron chi connectivity index (χ3n) is 4.05. The predicted molar refractivity (Wildman–Crippen MR) is 103 cm³/mol. The minimum absolute atomic E-state index is 0.0156. The highest BCUT2D eigenvalue weighted by molar-refractivity contribution is 6.53. The summed E-state index contributed by atoms with van der Waals surface area (Å²) >= 11 is 12.2. The zero-order valence-electron chi connectivity index (χ0n) is 14.4. The summed E-state index contributed by atoms with van der Waals surface area (Å²) in [6.45, 7) is 3.72. The lowest BCUT2D eigenvalue weighted by Crippen LogP contribution is -2.33. The maximum absolute atomic E-state index is 12.9. The second-order valence-corrected chi connectivity index (χ2v) is 6.71. The highest BCUT2D eigenvalue weighted by atomic mass is 35.5. The smallest absolute Gasteiger partial charge is 0.283 e. The molecule has 0 radical (unpaired) electrons. The van der Waals surface area contributed by atoms with Crippen molar-refractivity contribution >= 4 is 46.4 Å². The number of aryl methyl sites for hydroxylation is 2. The number of carbonyl (C=O) groups is 2. The Morgan fingerprint density at radius 2 is 1.73 bits per heavy atom. The summed E-state index contributed by atoms with van der Waals surface area (Å²) in [5.74, 6) is -0.638. The molecule has 0 fully saturated rings. The van der Waals surface area contributed by atoms with E-state index in [1.807, 2.05) is 26.0 Å². The molecule has 5 nitrogen and oxygen atoms in total. The first-order valence-corrected chi connectivity index (χ1v) is 8.55. The van der Waals surface area contributed by atoms with Crippen LogP contribution in [-0.2, 0) is 9.59 Å². The van der Waals surface area contributed by atoms with Crippen molar-refractivity contribution in [3.63, 3.8) is 0 Å². The van der Waals surface area contributed by atoms with Gasteiger partial charge >= 0.3 is 0 Å². The molecule has 1 aliphatic rings. The van der Waals surface area contributed by atoms with Gasteiger partial charge < -0.3 is 10.1 Å². The van der Waals surface area contributed by atoms with Gasteiger partial charge in [-0.3, -0.25) is 9.59 Å². The molecular formula is C19H16Cl2N2O3. The summed E-state index contributed by atoms with van der Waals surface area (Å²) in [6.07, 6.45) is 0. The van der Waals surface area contributed by atoms with Crippen molar-refractivity contribution in [2.75, 3.05) is 17.3 Å². The zero-order chi connectivity index (χ0) is 19.0. The molecule has 1 N–H and O–H groups in total. The van der Waals surface area contributed by atoms with Crippen LogP contribution in [-0.4, -0.2) is 18.9 Å². The largest absolute Gasteiger partial charge is 0.495 e. The number of carbonyl (C=O) groups excluding carboxylic acids is 2. The number of ether oxygens (including phenoxy) is 1. The number of hydrogen-bond donors (Lipinski definition) is 1. The van der Waals surface area contributed by atoms with Crippen LogP contribution >= 0.6 is 23.2 Å². The van der Waals surface area contributed by atoms with Crippen LogP contribution in [0.4, 0.5) is 11.4 Å². The van der Waals surface area contributed by atoms with E-state index in [-0.39, 0.29) is 10.7 Å². The summed E-state index contributed by atoms with van der Waals surface area (Å²) in [7, 11) is 1.49. The molecule has 1 aliphatic heterocycles. The highest BCUT2D eigenvalue weighted by Gasteiger charge is 2.39. The van der Waals surface area contributed by atoms with E-state index >= 15 is 0 Å². The van der Waals surface area contributed by atoms with E-state index in [0.717, 1.165) is 16.0 Å². The summed E-state index contributed by atoms with van der Waals surface area (Å²) in [4.78, 5) is 26.6. The standard InChI is InChI=1S/C19H16Cl2N2O3/c1-10-4-5-11(2)14(8-10)23-18(24)16(21)17(19(23)25)22-13-9-12(20)6-7-15(13)26-3/h4-9,22H,1-3H3. The molecule has 7 heteroatoms. The van der Waals surface area contributed by atoms with Gasteiger partial charge in [0.05, 0.1) is 18.5 Å². The van der Waals surface area contributed by atoms with Crippen LogP contribution in [0.5, 0.6) is 5.75 Å². The van der Waals surface area contributed by atoms with Crippen molar-refractivity contribution < 1.29 is 14.3 Å². The fourth-order valence-electron chi connectivity index (χ4n) is 2.70. The number of nitrogens with zero attached hydrogens (tertiary/aromatic N) is 1. The monoisotopic (exact) mass is 390 g/mol. The van der Waals surface area contributed by atoms with Crippen LogP contribution in [0.25, 0.3) is 0 Å². The molecule has 2 amide bonds. The Labute approximate surface area is 161 Å². The number of halogens is 2. The Hall–Kier alpha value is -2.50. The van der Waals surface area contributed by atoms with E-state index in [4.69, 9.17) is 27.9 Å². The molecule has 0 spiro atoms. The Morgan fingerprint density at radius 3 is 2.42 bits per heavy atom. The van der Waals surface area contributed by atoms with E-state index in [2.05, 4.69) is 5.32 Å². The van der Waals surface area contributed by atoms with Crippen LogP contribution < -0.4 is 15.0 Å². The summed E-state index contributed by atoms with van der Waals surface area (Å²) in [5.41, 5.74) is 2.66. The minimum atomic E-state index is -0.575. The van der Waals surface area contributed by atoms with Crippen LogP contribution in [0.3, 0.4) is 0 Å². The Balaban J connectivity index is 2.00. The van der Waals surface area contributed by atoms with Crippen molar-refractivity contribution in [1.29, 1.82) is 0 Å². The third kappa shape index (κ3) is 3.16. The van der Waals surface area contributed by atoms with E-state index in [1.165, 1.54) is 7.11 Å². The molecule has 26 heavy (non-hydrogen) atoms. The molecule has 0 atom stereocenters. The van der Waals surface area contributed by atoms with Gasteiger partial charge in [0.15, 0.2) is 0 Å². The summed E-state index contributed by atoms with van der Waals surface area (Å²) in [6, 6.07) is 10.4. The Kier molecular flexibility index (Phi) is 4.94. The van der Waals surface area contributed by atoms with Gasteiger partial charge in [-0.2, -0.15) is 0 Å². The molecule has 0 aliphatic carbocycles. The van der Waals surface area contributed by atoms with Crippen molar-refractivity contribution in [1.82, 2.24) is 0 Å². The third-order valence-corrected chi connectivity index (χ3v) is 4.64. The van der Waals surface area contributed by atoms with Gasteiger partial charge in [-0.15, -0.1) is 0 Å². The van der Waals surface area contributed by atoms with E-state index in [1.54, 1.807) is 24.3 Å². The van der Waals surface area contributed by atoms with E-state index < -0.39 is 11.8 Å². The predicted octanol–water partition coefficient (Wildman–Crippen LogP) is 4.40. The molecule has 0 unspecified atom stereocenters. The lowest BCUT2D eigenvalue weighted by atomic mass is 10.1. The van der Waals surface area contributed by atoms with Gasteiger partial charge in [0.25, 0.3) is 11.8 Å².